The standard InChI is InChI=1S/C26H27BrN2O4/c1-4-33-24-10-6-9-19(25(24)30)22-15-21(16-7-5-8-18(13-16)31-2)28-26(29-22)17-11-12-23(32-3)20(27)14-17/h5-15,22,26,28-30H,4H2,1-3H3/p+1. The first-order valence-electron chi connectivity index (χ1n) is 10.8. The van der Waals surface area contributed by atoms with Crippen molar-refractivity contribution in [1.82, 2.24) is 5.32 Å². The maximum Gasteiger partial charge on any atom is 0.186 e. The molecule has 33 heavy (non-hydrogen) atoms. The zero-order valence-electron chi connectivity index (χ0n) is 18.8. The maximum atomic E-state index is 10.9. The molecule has 7 heteroatoms. The molecule has 172 valence electrons. The molecule has 2 unspecified atom stereocenters. The van der Waals surface area contributed by atoms with Gasteiger partial charge < -0.3 is 30.0 Å². The summed E-state index contributed by atoms with van der Waals surface area (Å²) in [5.74, 6) is 2.21. The summed E-state index contributed by atoms with van der Waals surface area (Å²) in [6, 6.07) is 19.5. The Morgan fingerprint density at radius 3 is 2.55 bits per heavy atom. The molecule has 4 N–H and O–H groups in total. The number of halogens is 1. The Labute approximate surface area is 202 Å². The fourth-order valence-corrected chi connectivity index (χ4v) is 4.58. The number of para-hydroxylation sites is 1. The van der Waals surface area contributed by atoms with E-state index in [2.05, 4.69) is 38.7 Å². The minimum Gasteiger partial charge on any atom is -0.504 e. The SMILES string of the molecule is CCOc1cccc(C2C=C(c3cccc(OC)c3)NC(c3ccc(OC)c(Br)c3)[NH2+]2)c1O. The van der Waals surface area contributed by atoms with Gasteiger partial charge in [0.15, 0.2) is 17.7 Å². The van der Waals surface area contributed by atoms with Gasteiger partial charge in [0.05, 0.1) is 30.9 Å². The van der Waals surface area contributed by atoms with Crippen LogP contribution in [0.5, 0.6) is 23.0 Å². The van der Waals surface area contributed by atoms with E-state index in [1.165, 1.54) is 0 Å². The van der Waals surface area contributed by atoms with Gasteiger partial charge in [0.2, 0.25) is 0 Å². The fraction of sp³-hybridized carbons (Fsp3) is 0.231. The van der Waals surface area contributed by atoms with Crippen LogP contribution in [0, 0.1) is 0 Å². The lowest BCUT2D eigenvalue weighted by Gasteiger charge is -2.30. The van der Waals surface area contributed by atoms with Crippen LogP contribution in [-0.2, 0) is 0 Å². The van der Waals surface area contributed by atoms with Crippen molar-refractivity contribution in [3.8, 4) is 23.0 Å². The summed E-state index contributed by atoms with van der Waals surface area (Å²) in [7, 11) is 3.31. The average molecular weight is 512 g/mol. The highest BCUT2D eigenvalue weighted by Crippen LogP contribution is 2.36. The Kier molecular flexibility index (Phi) is 7.11. The molecule has 1 aliphatic rings. The Hall–Kier alpha value is -3.16. The van der Waals surface area contributed by atoms with E-state index in [-0.39, 0.29) is 18.0 Å². The second-order valence-electron chi connectivity index (χ2n) is 7.67. The zero-order chi connectivity index (χ0) is 23.4. The third kappa shape index (κ3) is 4.94. The highest BCUT2D eigenvalue weighted by atomic mass is 79.9. The van der Waals surface area contributed by atoms with Crippen LogP contribution in [0.4, 0.5) is 0 Å². The molecule has 3 aromatic carbocycles. The minimum atomic E-state index is -0.140. The number of rotatable bonds is 7. The second kappa shape index (κ2) is 10.2. The van der Waals surface area contributed by atoms with E-state index in [9.17, 15) is 5.11 Å². The van der Waals surface area contributed by atoms with E-state index < -0.39 is 0 Å². The summed E-state index contributed by atoms with van der Waals surface area (Å²) >= 11 is 3.60. The molecule has 0 radical (unpaired) electrons. The molecule has 6 nitrogen and oxygen atoms in total. The molecule has 2 atom stereocenters. The van der Waals surface area contributed by atoms with Crippen LogP contribution in [0.3, 0.4) is 0 Å². The number of nitrogens with two attached hydrogens (primary N) is 1. The minimum absolute atomic E-state index is 0.0986. The average Bonchev–Trinajstić information content (AvgIpc) is 2.85. The molecule has 0 aromatic heterocycles. The van der Waals surface area contributed by atoms with Crippen LogP contribution in [0.25, 0.3) is 5.70 Å². The van der Waals surface area contributed by atoms with E-state index in [4.69, 9.17) is 14.2 Å². The van der Waals surface area contributed by atoms with Gasteiger partial charge in [-0.25, -0.2) is 0 Å². The third-order valence-corrected chi connectivity index (χ3v) is 6.28. The van der Waals surface area contributed by atoms with Gasteiger partial charge in [0.1, 0.15) is 17.5 Å². The number of phenols is 1. The van der Waals surface area contributed by atoms with E-state index in [0.29, 0.717) is 12.4 Å². The lowest BCUT2D eigenvalue weighted by atomic mass is 9.97. The molecule has 0 aliphatic carbocycles. The summed E-state index contributed by atoms with van der Waals surface area (Å²) in [6.07, 6.45) is 2.02. The molecular formula is C26H28BrN2O4+. The van der Waals surface area contributed by atoms with Crippen LogP contribution < -0.4 is 24.8 Å². The maximum absolute atomic E-state index is 10.9. The predicted octanol–water partition coefficient (Wildman–Crippen LogP) is 4.52. The van der Waals surface area contributed by atoms with Gasteiger partial charge in [0, 0.05) is 22.9 Å². The molecule has 1 aliphatic heterocycles. The van der Waals surface area contributed by atoms with E-state index >= 15 is 0 Å². The van der Waals surface area contributed by atoms with Crippen molar-refractivity contribution in [1.29, 1.82) is 0 Å². The van der Waals surface area contributed by atoms with Crippen molar-refractivity contribution in [3.63, 3.8) is 0 Å². The number of benzene rings is 3. The molecule has 0 amide bonds. The predicted molar refractivity (Wildman–Crippen MR) is 131 cm³/mol. The van der Waals surface area contributed by atoms with Gasteiger partial charge in [-0.15, -0.1) is 0 Å². The summed E-state index contributed by atoms with van der Waals surface area (Å²) < 4.78 is 17.3. The smallest absolute Gasteiger partial charge is 0.186 e. The quantitative estimate of drug-likeness (QED) is 0.434. The van der Waals surface area contributed by atoms with Crippen molar-refractivity contribution in [2.45, 2.75) is 19.1 Å². The van der Waals surface area contributed by atoms with Crippen LogP contribution in [0.15, 0.2) is 71.2 Å². The lowest BCUT2D eigenvalue weighted by molar-refractivity contribution is -0.731. The largest absolute Gasteiger partial charge is 0.504 e. The van der Waals surface area contributed by atoms with Crippen LogP contribution in [0.1, 0.15) is 35.8 Å². The fourth-order valence-electron chi connectivity index (χ4n) is 4.02. The molecule has 0 spiro atoms. The Morgan fingerprint density at radius 1 is 1.00 bits per heavy atom. The Bertz CT molecular complexity index is 1160. The van der Waals surface area contributed by atoms with Gasteiger partial charge >= 0.3 is 0 Å². The summed E-state index contributed by atoms with van der Waals surface area (Å²) in [6.45, 7) is 2.39. The molecule has 0 fully saturated rings. The monoisotopic (exact) mass is 511 g/mol. The van der Waals surface area contributed by atoms with Crippen LogP contribution in [-0.4, -0.2) is 25.9 Å². The zero-order valence-corrected chi connectivity index (χ0v) is 20.4. The highest BCUT2D eigenvalue weighted by Gasteiger charge is 2.30. The van der Waals surface area contributed by atoms with Gasteiger partial charge in [0.25, 0.3) is 0 Å². The third-order valence-electron chi connectivity index (χ3n) is 5.66. The first-order valence-corrected chi connectivity index (χ1v) is 11.6. The van der Waals surface area contributed by atoms with Gasteiger partial charge in [-0.1, -0.05) is 18.2 Å². The van der Waals surface area contributed by atoms with Crippen LogP contribution in [0.2, 0.25) is 0 Å². The van der Waals surface area contributed by atoms with Crippen LogP contribution >= 0.6 is 15.9 Å². The molecule has 0 saturated heterocycles. The lowest BCUT2D eigenvalue weighted by Crippen LogP contribution is -2.89. The number of phenolic OH excluding ortho intramolecular Hbond substituents is 1. The first-order chi connectivity index (χ1) is 16.0. The summed E-state index contributed by atoms with van der Waals surface area (Å²) in [5.41, 5.74) is 3.83. The number of hydrogen-bond donors (Lipinski definition) is 3. The topological polar surface area (TPSA) is 76.6 Å². The number of methoxy groups -OCH3 is 2. The van der Waals surface area contributed by atoms with Crippen molar-refractivity contribution >= 4 is 21.6 Å². The summed E-state index contributed by atoms with van der Waals surface area (Å²) in [4.78, 5) is 0. The number of ether oxygens (including phenoxy) is 3. The van der Waals surface area contributed by atoms with Gasteiger partial charge in [-0.2, -0.15) is 0 Å². The molecule has 0 bridgehead atoms. The van der Waals surface area contributed by atoms with E-state index in [1.54, 1.807) is 20.3 Å². The van der Waals surface area contributed by atoms with Crippen molar-refractivity contribution in [3.05, 3.63) is 87.9 Å². The van der Waals surface area contributed by atoms with Gasteiger partial charge in [-0.3, -0.25) is 0 Å². The van der Waals surface area contributed by atoms with E-state index in [1.807, 2.05) is 55.5 Å². The Balaban J connectivity index is 1.77. The number of quaternary nitrogens is 1. The van der Waals surface area contributed by atoms with Gasteiger partial charge in [-0.05, 0) is 65.3 Å². The molecule has 1 heterocycles. The first kappa shape index (κ1) is 23.0. The normalized spacial score (nSPS) is 17.6. The van der Waals surface area contributed by atoms with Crippen molar-refractivity contribution < 1.29 is 24.6 Å². The Morgan fingerprint density at radius 2 is 1.82 bits per heavy atom. The number of nitrogens with one attached hydrogen (secondary N) is 1. The molecule has 4 rings (SSSR count). The summed E-state index contributed by atoms with van der Waals surface area (Å²) in [5, 5.41) is 16.8. The molecule has 3 aromatic rings. The number of hydrogen-bond acceptors (Lipinski definition) is 5. The van der Waals surface area contributed by atoms with Crippen molar-refractivity contribution in [2.24, 2.45) is 0 Å². The molecular weight excluding hydrogens is 484 g/mol. The highest BCUT2D eigenvalue weighted by molar-refractivity contribution is 9.10. The van der Waals surface area contributed by atoms with E-state index in [0.717, 1.165) is 38.4 Å². The second-order valence-corrected chi connectivity index (χ2v) is 8.53. The number of aromatic hydroxyl groups is 1. The van der Waals surface area contributed by atoms with Crippen molar-refractivity contribution in [2.75, 3.05) is 20.8 Å². The molecule has 0 saturated carbocycles.